The van der Waals surface area contributed by atoms with Gasteiger partial charge in [-0.3, -0.25) is 0 Å². The number of ether oxygens (including phenoxy) is 3. The van der Waals surface area contributed by atoms with E-state index in [1.54, 1.807) is 54.6 Å². The van der Waals surface area contributed by atoms with Gasteiger partial charge < -0.3 is 48.6 Å². The maximum absolute atomic E-state index is 6.17. The molecule has 0 heterocycles. The Morgan fingerprint density at radius 3 is 1.37 bits per heavy atom. The number of hydrogen-bond donors (Lipinski definition) is 6. The number of hydrogen-bond acceptors (Lipinski definition) is 9. The molecule has 5 aromatic carbocycles. The van der Waals surface area contributed by atoms with Crippen molar-refractivity contribution in [3.8, 4) is 28.7 Å². The van der Waals surface area contributed by atoms with Gasteiger partial charge in [-0.1, -0.05) is 42.5 Å². The van der Waals surface area contributed by atoms with Gasteiger partial charge in [0.05, 0.1) is 17.1 Å². The molecular weight excluding hydrogens is 612 g/mol. The molecule has 0 saturated heterocycles. The van der Waals surface area contributed by atoms with Gasteiger partial charge in [-0.05, 0) is 121 Å². The van der Waals surface area contributed by atoms with Crippen LogP contribution in [0.4, 0.5) is 34.1 Å². The molecule has 0 radical (unpaired) electrons. The van der Waals surface area contributed by atoms with Crippen molar-refractivity contribution in [1.82, 2.24) is 0 Å². The average molecular weight is 653 g/mol. The van der Waals surface area contributed by atoms with Crippen LogP contribution < -0.4 is 48.6 Å². The normalized spacial score (nSPS) is 14.4. The molecule has 0 bridgehead atoms. The summed E-state index contributed by atoms with van der Waals surface area (Å²) >= 11 is 0. The third-order valence-corrected chi connectivity index (χ3v) is 8.53. The monoisotopic (exact) mass is 652 g/mol. The van der Waals surface area contributed by atoms with Crippen LogP contribution in [0.1, 0.15) is 24.5 Å². The second kappa shape index (κ2) is 13.7. The molecule has 12 N–H and O–H groups in total. The summed E-state index contributed by atoms with van der Waals surface area (Å²) in [5.41, 5.74) is 40.8. The number of rotatable bonds is 10. The van der Waals surface area contributed by atoms with Crippen molar-refractivity contribution in [1.29, 1.82) is 0 Å². The van der Waals surface area contributed by atoms with Crippen LogP contribution in [0, 0.1) is 5.92 Å². The first kappa shape index (κ1) is 32.5. The molecule has 5 aromatic rings. The molecule has 9 heteroatoms. The standard InChI is InChI=1S/C40H40N6O3/c1-2-21-40(25-3-12-31(13-4-25)47-37-18-9-28(41)22-34(37)44,26-5-14-32(15-6-26)48-38-19-10-29(42)23-35(38)45)27-7-16-33(17-8-27)49-39-20-11-30(43)24-36(39)46/h2-7,9-24,27H,8,41-46H2,1H3. The number of nitrogens with two attached hydrogens (primary N) is 6. The van der Waals surface area contributed by atoms with Crippen LogP contribution in [-0.2, 0) is 5.41 Å². The molecule has 0 saturated carbocycles. The van der Waals surface area contributed by atoms with E-state index in [9.17, 15) is 0 Å². The van der Waals surface area contributed by atoms with Gasteiger partial charge in [0.2, 0.25) is 0 Å². The van der Waals surface area contributed by atoms with Gasteiger partial charge in [-0.15, -0.1) is 0 Å². The van der Waals surface area contributed by atoms with Crippen molar-refractivity contribution in [3.63, 3.8) is 0 Å². The number of nitrogen functional groups attached to an aromatic ring is 6. The Bertz CT molecular complexity index is 1960. The fourth-order valence-corrected chi connectivity index (χ4v) is 6.15. The third kappa shape index (κ3) is 6.96. The van der Waals surface area contributed by atoms with Crippen LogP contribution >= 0.6 is 0 Å². The lowest BCUT2D eigenvalue weighted by Crippen LogP contribution is -2.34. The summed E-state index contributed by atoms with van der Waals surface area (Å²) in [7, 11) is 0. The summed E-state index contributed by atoms with van der Waals surface area (Å²) in [5, 5.41) is 0. The number of allylic oxidation sites excluding steroid dienone is 5. The minimum atomic E-state index is -0.578. The Kier molecular flexibility index (Phi) is 9.08. The largest absolute Gasteiger partial charge is 0.456 e. The minimum absolute atomic E-state index is 0.0128. The van der Waals surface area contributed by atoms with Crippen LogP contribution in [0.2, 0.25) is 0 Å². The van der Waals surface area contributed by atoms with E-state index in [4.69, 9.17) is 48.6 Å². The predicted octanol–water partition coefficient (Wildman–Crippen LogP) is 8.17. The highest BCUT2D eigenvalue weighted by Crippen LogP contribution is 2.46. The van der Waals surface area contributed by atoms with Gasteiger partial charge in [-0.25, -0.2) is 0 Å². The van der Waals surface area contributed by atoms with Crippen LogP contribution in [0.3, 0.4) is 0 Å². The van der Waals surface area contributed by atoms with Crippen LogP contribution in [0.5, 0.6) is 28.7 Å². The fourth-order valence-electron chi connectivity index (χ4n) is 6.15. The molecule has 248 valence electrons. The van der Waals surface area contributed by atoms with E-state index >= 15 is 0 Å². The van der Waals surface area contributed by atoms with Crippen molar-refractivity contribution in [3.05, 3.63) is 150 Å². The molecule has 1 atom stereocenters. The average Bonchev–Trinajstić information content (AvgIpc) is 3.09. The maximum Gasteiger partial charge on any atom is 0.150 e. The molecule has 0 spiro atoms. The molecule has 1 unspecified atom stereocenters. The Morgan fingerprint density at radius 2 is 1.00 bits per heavy atom. The lowest BCUT2D eigenvalue weighted by atomic mass is 9.63. The Labute approximate surface area is 286 Å². The summed E-state index contributed by atoms with van der Waals surface area (Å²) < 4.78 is 18.4. The van der Waals surface area contributed by atoms with Gasteiger partial charge >= 0.3 is 0 Å². The number of anilines is 6. The van der Waals surface area contributed by atoms with Gasteiger partial charge in [-0.2, -0.15) is 0 Å². The molecule has 0 aliphatic heterocycles. The second-order valence-electron chi connectivity index (χ2n) is 11.9. The van der Waals surface area contributed by atoms with E-state index in [1.165, 1.54) is 0 Å². The molecular formula is C40H40N6O3. The first-order chi connectivity index (χ1) is 23.6. The SMILES string of the molecule is CC=CC(c1ccc(Oc2ccc(N)cc2N)cc1)(c1ccc(Oc2ccc(N)cc2N)cc1)C1C=CC(Oc2ccc(N)cc2N)=CC1. The van der Waals surface area contributed by atoms with E-state index < -0.39 is 5.41 Å². The second-order valence-corrected chi connectivity index (χ2v) is 11.9. The first-order valence-corrected chi connectivity index (χ1v) is 15.9. The fraction of sp³-hybridized carbons (Fsp3) is 0.100. The van der Waals surface area contributed by atoms with Gasteiger partial charge in [0.15, 0.2) is 0 Å². The Morgan fingerprint density at radius 1 is 0.571 bits per heavy atom. The quantitative estimate of drug-likeness (QED) is 0.0640. The highest BCUT2D eigenvalue weighted by molar-refractivity contribution is 5.63. The molecule has 0 fully saturated rings. The van der Waals surface area contributed by atoms with Crippen LogP contribution in [0.15, 0.2) is 139 Å². The molecule has 0 aromatic heterocycles. The number of benzene rings is 5. The molecule has 0 amide bonds. The minimum Gasteiger partial charge on any atom is -0.456 e. The molecule has 1 aliphatic rings. The molecule has 6 rings (SSSR count). The van der Waals surface area contributed by atoms with Crippen molar-refractivity contribution in [2.75, 3.05) is 34.4 Å². The first-order valence-electron chi connectivity index (χ1n) is 15.9. The van der Waals surface area contributed by atoms with Crippen LogP contribution in [-0.4, -0.2) is 0 Å². The zero-order valence-corrected chi connectivity index (χ0v) is 27.2. The summed E-state index contributed by atoms with van der Waals surface area (Å²) in [6.45, 7) is 2.03. The summed E-state index contributed by atoms with van der Waals surface area (Å²) in [6, 6.07) is 31.8. The lowest BCUT2D eigenvalue weighted by Gasteiger charge is -2.39. The summed E-state index contributed by atoms with van der Waals surface area (Å²) in [6.07, 6.45) is 11.3. The Balaban J connectivity index is 1.35. The topological polar surface area (TPSA) is 184 Å². The van der Waals surface area contributed by atoms with E-state index in [2.05, 4.69) is 48.6 Å². The summed E-state index contributed by atoms with van der Waals surface area (Å²) in [4.78, 5) is 0. The highest BCUT2D eigenvalue weighted by Gasteiger charge is 2.39. The zero-order chi connectivity index (χ0) is 34.5. The van der Waals surface area contributed by atoms with Crippen molar-refractivity contribution in [2.45, 2.75) is 18.8 Å². The maximum atomic E-state index is 6.17. The highest BCUT2D eigenvalue weighted by atomic mass is 16.5. The third-order valence-electron chi connectivity index (χ3n) is 8.53. The Hall–Kier alpha value is -6.48. The lowest BCUT2D eigenvalue weighted by molar-refractivity contribution is 0.412. The van der Waals surface area contributed by atoms with Crippen molar-refractivity contribution < 1.29 is 14.2 Å². The zero-order valence-electron chi connectivity index (χ0n) is 27.2. The molecule has 9 nitrogen and oxygen atoms in total. The van der Waals surface area contributed by atoms with Gasteiger partial charge in [0, 0.05) is 22.5 Å². The van der Waals surface area contributed by atoms with E-state index in [-0.39, 0.29) is 5.92 Å². The van der Waals surface area contributed by atoms with Gasteiger partial charge in [0.1, 0.15) is 34.5 Å². The summed E-state index contributed by atoms with van der Waals surface area (Å²) in [5.74, 6) is 3.64. The van der Waals surface area contributed by atoms with Crippen molar-refractivity contribution >= 4 is 34.1 Å². The predicted molar refractivity (Wildman–Crippen MR) is 200 cm³/mol. The van der Waals surface area contributed by atoms with Crippen LogP contribution in [0.25, 0.3) is 0 Å². The van der Waals surface area contributed by atoms with E-state index in [0.717, 1.165) is 11.1 Å². The smallest absolute Gasteiger partial charge is 0.150 e. The molecule has 1 aliphatic carbocycles. The van der Waals surface area contributed by atoms with Gasteiger partial charge in [0.25, 0.3) is 0 Å². The van der Waals surface area contributed by atoms with Crippen molar-refractivity contribution in [2.24, 2.45) is 5.92 Å². The van der Waals surface area contributed by atoms with E-state index in [1.807, 2.05) is 37.3 Å². The molecule has 49 heavy (non-hydrogen) atoms. The van der Waals surface area contributed by atoms with E-state index in [0.29, 0.717) is 75.1 Å².